The number of carbonyl (C=O) groups excluding carboxylic acids is 3. The van der Waals surface area contributed by atoms with E-state index >= 15 is 0 Å². The largest absolute Gasteiger partial charge is 0.457 e. The highest BCUT2D eigenvalue weighted by molar-refractivity contribution is 5.94. The summed E-state index contributed by atoms with van der Waals surface area (Å²) in [6.07, 6.45) is 4.98. The van der Waals surface area contributed by atoms with Crippen molar-refractivity contribution in [1.82, 2.24) is 20.1 Å². The molecule has 4 bridgehead atoms. The lowest BCUT2D eigenvalue weighted by Gasteiger charge is -2.39. The van der Waals surface area contributed by atoms with Crippen molar-refractivity contribution in [1.29, 1.82) is 0 Å². The van der Waals surface area contributed by atoms with Crippen LogP contribution in [0.15, 0.2) is 66.9 Å². The van der Waals surface area contributed by atoms with Crippen LogP contribution in [0, 0.1) is 0 Å². The van der Waals surface area contributed by atoms with E-state index in [9.17, 15) is 14.4 Å². The molecule has 0 aliphatic carbocycles. The average molecular weight is 598 g/mol. The third-order valence-corrected chi connectivity index (χ3v) is 8.54. The van der Waals surface area contributed by atoms with Gasteiger partial charge in [-0.2, -0.15) is 0 Å². The van der Waals surface area contributed by atoms with Gasteiger partial charge < -0.3 is 29.5 Å². The molecule has 2 aromatic carbocycles. The van der Waals surface area contributed by atoms with Gasteiger partial charge >= 0.3 is 0 Å². The fourth-order valence-electron chi connectivity index (χ4n) is 6.08. The van der Waals surface area contributed by atoms with Gasteiger partial charge in [-0.3, -0.25) is 14.4 Å². The first-order valence-electron chi connectivity index (χ1n) is 15.4. The SMILES string of the molecule is CN1CC(=O)N[C@H]2CN(c3ccc(C(=O)N4CCCC4)cn3)CC[C@H]2OCc2cccc(c2)Oc2cccc(c2)CCC1=O. The van der Waals surface area contributed by atoms with Gasteiger partial charge in [0.25, 0.3) is 5.91 Å². The average Bonchev–Trinajstić information content (AvgIpc) is 3.58. The van der Waals surface area contributed by atoms with Crippen molar-refractivity contribution in [2.45, 2.75) is 50.9 Å². The molecule has 0 spiro atoms. The van der Waals surface area contributed by atoms with E-state index in [-0.39, 0.29) is 42.8 Å². The molecule has 1 N–H and O–H groups in total. The zero-order chi connectivity index (χ0) is 30.5. The van der Waals surface area contributed by atoms with Crippen LogP contribution >= 0.6 is 0 Å². The van der Waals surface area contributed by atoms with Crippen LogP contribution < -0.4 is 15.0 Å². The molecule has 10 nitrogen and oxygen atoms in total. The van der Waals surface area contributed by atoms with Gasteiger partial charge in [-0.05, 0) is 73.2 Å². The first kappa shape index (κ1) is 29.6. The smallest absolute Gasteiger partial charge is 0.255 e. The van der Waals surface area contributed by atoms with E-state index in [2.05, 4.69) is 15.2 Å². The summed E-state index contributed by atoms with van der Waals surface area (Å²) in [7, 11) is 1.66. The van der Waals surface area contributed by atoms with E-state index < -0.39 is 0 Å². The van der Waals surface area contributed by atoms with Crippen LogP contribution in [0.4, 0.5) is 5.82 Å². The zero-order valence-corrected chi connectivity index (χ0v) is 25.1. The molecule has 3 amide bonds. The second-order valence-corrected chi connectivity index (χ2v) is 11.8. The molecule has 44 heavy (non-hydrogen) atoms. The minimum absolute atomic E-state index is 0.0195. The summed E-state index contributed by atoms with van der Waals surface area (Å²) in [4.78, 5) is 49.0. The van der Waals surface area contributed by atoms with E-state index in [0.717, 1.165) is 42.9 Å². The number of hydrogen-bond acceptors (Lipinski definition) is 7. The number of anilines is 1. The maximum atomic E-state index is 13.2. The molecule has 2 fully saturated rings. The normalized spacial score (nSPS) is 21.5. The van der Waals surface area contributed by atoms with Crippen molar-refractivity contribution >= 4 is 23.5 Å². The second kappa shape index (κ2) is 13.5. The molecule has 3 aliphatic rings. The Morgan fingerprint density at radius 2 is 1.68 bits per heavy atom. The summed E-state index contributed by atoms with van der Waals surface area (Å²) in [5.74, 6) is 1.83. The lowest BCUT2D eigenvalue weighted by Crippen LogP contribution is -2.57. The number of nitrogens with zero attached hydrogens (tertiary/aromatic N) is 4. The predicted molar refractivity (Wildman–Crippen MR) is 166 cm³/mol. The summed E-state index contributed by atoms with van der Waals surface area (Å²) >= 11 is 0. The molecule has 10 heteroatoms. The standard InChI is InChI=1S/C34H39N5O5/c1-37-22-32(40)36-29-21-39(31-12-11-26(20-35-31)34(42)38-15-2-3-16-38)17-14-30(29)43-23-25-7-5-9-28(19-25)44-27-8-4-6-24(18-27)10-13-33(37)41/h4-9,11-12,18-20,29-30H,2-3,10,13-17,21-23H2,1H3,(H,36,40)/t29-,30+/m0/s1. The Morgan fingerprint density at radius 3 is 2.43 bits per heavy atom. The third-order valence-electron chi connectivity index (χ3n) is 8.54. The number of carbonyl (C=O) groups is 3. The van der Waals surface area contributed by atoms with Crippen molar-refractivity contribution in [3.63, 3.8) is 0 Å². The number of aromatic nitrogens is 1. The highest BCUT2D eigenvalue weighted by Crippen LogP contribution is 2.26. The molecule has 0 radical (unpaired) electrons. The lowest BCUT2D eigenvalue weighted by atomic mass is 10.0. The van der Waals surface area contributed by atoms with Crippen LogP contribution in [0.25, 0.3) is 0 Å². The van der Waals surface area contributed by atoms with Gasteiger partial charge in [-0.25, -0.2) is 4.98 Å². The van der Waals surface area contributed by atoms with E-state index in [0.29, 0.717) is 49.6 Å². The van der Waals surface area contributed by atoms with E-state index in [1.165, 1.54) is 4.90 Å². The molecule has 2 saturated heterocycles. The molecule has 1 aromatic heterocycles. The van der Waals surface area contributed by atoms with Crippen LogP contribution in [0.2, 0.25) is 0 Å². The van der Waals surface area contributed by atoms with E-state index in [1.807, 2.05) is 65.6 Å². The minimum Gasteiger partial charge on any atom is -0.457 e. The maximum absolute atomic E-state index is 13.2. The maximum Gasteiger partial charge on any atom is 0.255 e. The summed E-state index contributed by atoms with van der Waals surface area (Å²) in [5, 5.41) is 3.14. The monoisotopic (exact) mass is 597 g/mol. The van der Waals surface area contributed by atoms with Gasteiger partial charge in [0.2, 0.25) is 11.8 Å². The number of hydrogen-bond donors (Lipinski definition) is 1. The summed E-state index contributed by atoms with van der Waals surface area (Å²) in [6.45, 7) is 3.07. The topological polar surface area (TPSA) is 104 Å². The third kappa shape index (κ3) is 7.19. The molecule has 2 atom stereocenters. The number of benzene rings is 2. The number of amides is 3. The molecular weight excluding hydrogens is 558 g/mol. The van der Waals surface area contributed by atoms with Crippen molar-refractivity contribution in [2.24, 2.45) is 0 Å². The fourth-order valence-corrected chi connectivity index (χ4v) is 6.08. The molecule has 4 heterocycles. The summed E-state index contributed by atoms with van der Waals surface area (Å²) in [5.41, 5.74) is 2.54. The van der Waals surface area contributed by atoms with Crippen LogP contribution in [0.1, 0.15) is 47.2 Å². The first-order chi connectivity index (χ1) is 21.4. The van der Waals surface area contributed by atoms with E-state index in [1.54, 1.807) is 13.2 Å². The Kier molecular flexibility index (Phi) is 9.07. The zero-order valence-electron chi connectivity index (χ0n) is 25.1. The fraction of sp³-hybridized carbons (Fsp3) is 0.412. The lowest BCUT2D eigenvalue weighted by molar-refractivity contribution is -0.135. The Morgan fingerprint density at radius 1 is 0.932 bits per heavy atom. The molecule has 6 rings (SSSR count). The van der Waals surface area contributed by atoms with Gasteiger partial charge in [0.05, 0.1) is 30.9 Å². The summed E-state index contributed by atoms with van der Waals surface area (Å²) in [6, 6.07) is 18.9. The number of fused-ring (bicyclic) bond motifs is 5. The van der Waals surface area contributed by atoms with Gasteiger partial charge in [0, 0.05) is 45.8 Å². The van der Waals surface area contributed by atoms with Crippen molar-refractivity contribution in [2.75, 3.05) is 44.7 Å². The first-order valence-corrected chi connectivity index (χ1v) is 15.4. The molecular formula is C34H39N5O5. The van der Waals surface area contributed by atoms with Crippen molar-refractivity contribution in [3.8, 4) is 11.5 Å². The van der Waals surface area contributed by atoms with Crippen LogP contribution in [-0.2, 0) is 27.4 Å². The molecule has 230 valence electrons. The Hall–Kier alpha value is -4.44. The molecule has 0 unspecified atom stereocenters. The Balaban J connectivity index is 1.19. The van der Waals surface area contributed by atoms with Crippen LogP contribution in [0.5, 0.6) is 11.5 Å². The number of likely N-dealkylation sites (N-methyl/N-ethyl adjacent to an activating group) is 1. The number of piperidine rings is 1. The van der Waals surface area contributed by atoms with Gasteiger partial charge in [0.15, 0.2) is 0 Å². The second-order valence-electron chi connectivity index (χ2n) is 11.8. The minimum atomic E-state index is -0.328. The number of likely N-dealkylation sites (tertiary alicyclic amines) is 1. The van der Waals surface area contributed by atoms with Gasteiger partial charge in [0.1, 0.15) is 17.3 Å². The van der Waals surface area contributed by atoms with Crippen LogP contribution in [-0.4, -0.2) is 84.4 Å². The molecule has 0 saturated carbocycles. The van der Waals surface area contributed by atoms with E-state index in [4.69, 9.17) is 9.47 Å². The molecule has 3 aliphatic heterocycles. The number of pyridine rings is 1. The molecule has 3 aromatic rings. The summed E-state index contributed by atoms with van der Waals surface area (Å²) < 4.78 is 12.6. The van der Waals surface area contributed by atoms with Gasteiger partial charge in [-0.1, -0.05) is 24.3 Å². The van der Waals surface area contributed by atoms with Crippen molar-refractivity contribution < 1.29 is 23.9 Å². The van der Waals surface area contributed by atoms with Crippen LogP contribution in [0.3, 0.4) is 0 Å². The number of aryl methyl sites for hydroxylation is 1. The highest BCUT2D eigenvalue weighted by Gasteiger charge is 2.32. The quantitative estimate of drug-likeness (QED) is 0.479. The number of nitrogens with one attached hydrogen (secondary N) is 1. The predicted octanol–water partition coefficient (Wildman–Crippen LogP) is 3.79. The Labute approximate surface area is 257 Å². The van der Waals surface area contributed by atoms with Crippen molar-refractivity contribution in [3.05, 3.63) is 83.6 Å². The highest BCUT2D eigenvalue weighted by atomic mass is 16.5. The number of rotatable bonds is 2. The Bertz CT molecular complexity index is 1490. The number of ether oxygens (including phenoxy) is 2. The van der Waals surface area contributed by atoms with Gasteiger partial charge in [-0.15, -0.1) is 0 Å².